The molecule has 0 saturated carbocycles. The number of benzene rings is 3. The molecule has 0 unspecified atom stereocenters. The van der Waals surface area contributed by atoms with Gasteiger partial charge in [0.05, 0.1) is 47.8 Å². The van der Waals surface area contributed by atoms with Crippen LogP contribution < -0.4 is 19.5 Å². The Morgan fingerprint density at radius 2 is 1.81 bits per heavy atom. The van der Waals surface area contributed by atoms with Crippen molar-refractivity contribution in [1.29, 1.82) is 0 Å². The average Bonchev–Trinajstić information content (AvgIpc) is 3.79. The lowest BCUT2D eigenvalue weighted by Gasteiger charge is -2.22. The normalized spacial score (nSPS) is 16.5. The largest absolute Gasteiger partial charge is 0.496 e. The number of carboxylic acid groups (broad SMARTS) is 1. The minimum atomic E-state index is -1.26. The Balaban J connectivity index is 1.27. The second-order valence-corrected chi connectivity index (χ2v) is 13.5. The molecule has 4 aromatic rings. The van der Waals surface area contributed by atoms with E-state index in [1.807, 2.05) is 48.5 Å². The smallest absolute Gasteiger partial charge is 0.311 e. The second-order valence-electron chi connectivity index (χ2n) is 12.2. The number of aliphatic imine (C=N–C) groups is 1. The number of halogens is 2. The number of aliphatic hydroxyl groups is 1. The monoisotopic (exact) mass is 733 g/mol. The number of nitrogens with one attached hydrogen (secondary N) is 1. The summed E-state index contributed by atoms with van der Waals surface area (Å²) >= 11 is 10.8. The SMILES string of the molecule is COc1cc(-c2cccc(-c3cccc4c3CC[C@@H]4Oc3nc(OC)c(CC[C@@](C)(CO)C(=O)O)cc3Br)c2Cl)ccc1C1=NCCN1. The molecule has 1 aromatic heterocycles. The molecule has 0 saturated heterocycles. The minimum absolute atomic E-state index is 0.220. The van der Waals surface area contributed by atoms with Crippen LogP contribution in [0, 0.1) is 5.41 Å². The predicted molar refractivity (Wildman–Crippen MR) is 190 cm³/mol. The highest BCUT2D eigenvalue weighted by Gasteiger charge is 2.33. The lowest BCUT2D eigenvalue weighted by Crippen LogP contribution is -2.32. The molecule has 9 nitrogen and oxygen atoms in total. The maximum atomic E-state index is 11.7. The van der Waals surface area contributed by atoms with Crippen molar-refractivity contribution in [2.75, 3.05) is 33.9 Å². The van der Waals surface area contributed by atoms with Gasteiger partial charge in [-0.1, -0.05) is 54.1 Å². The van der Waals surface area contributed by atoms with Crippen LogP contribution >= 0.6 is 27.5 Å². The number of ether oxygens (including phenoxy) is 3. The molecule has 0 bridgehead atoms. The van der Waals surface area contributed by atoms with Gasteiger partial charge in [0.15, 0.2) is 0 Å². The zero-order chi connectivity index (χ0) is 34.0. The lowest BCUT2D eigenvalue weighted by atomic mass is 9.85. The molecule has 6 rings (SSSR count). The van der Waals surface area contributed by atoms with E-state index in [4.69, 9.17) is 25.8 Å². The van der Waals surface area contributed by atoms with Crippen molar-refractivity contribution in [3.63, 3.8) is 0 Å². The molecular formula is C37H37BrClN3O6. The number of carboxylic acids is 1. The van der Waals surface area contributed by atoms with Gasteiger partial charge in [-0.3, -0.25) is 9.79 Å². The van der Waals surface area contributed by atoms with Crippen molar-refractivity contribution in [3.8, 4) is 39.8 Å². The number of carbonyl (C=O) groups is 1. The number of nitrogens with zero attached hydrogens (tertiary/aromatic N) is 2. The molecular weight excluding hydrogens is 698 g/mol. The number of methoxy groups -OCH3 is 2. The van der Waals surface area contributed by atoms with Crippen molar-refractivity contribution in [2.45, 2.75) is 38.7 Å². The molecule has 0 fully saturated rings. The number of amidine groups is 1. The van der Waals surface area contributed by atoms with Gasteiger partial charge >= 0.3 is 5.97 Å². The summed E-state index contributed by atoms with van der Waals surface area (Å²) in [5.74, 6) is 1.26. The number of aryl methyl sites for hydroxylation is 1. The molecule has 2 atom stereocenters. The quantitative estimate of drug-likeness (QED) is 0.139. The first-order chi connectivity index (χ1) is 23.2. The van der Waals surface area contributed by atoms with Crippen molar-refractivity contribution in [1.82, 2.24) is 10.3 Å². The molecule has 1 aliphatic heterocycles. The van der Waals surface area contributed by atoms with Gasteiger partial charge in [-0.05, 0) is 89.0 Å². The van der Waals surface area contributed by atoms with E-state index in [-0.39, 0.29) is 12.5 Å². The van der Waals surface area contributed by atoms with Crippen molar-refractivity contribution in [2.24, 2.45) is 10.4 Å². The Bertz CT molecular complexity index is 1900. The number of hydrogen-bond donors (Lipinski definition) is 3. The second kappa shape index (κ2) is 14.2. The minimum Gasteiger partial charge on any atom is -0.496 e. The number of rotatable bonds is 12. The summed E-state index contributed by atoms with van der Waals surface area (Å²) in [5.41, 5.74) is 6.49. The number of pyridine rings is 1. The fraction of sp³-hybridized carbons (Fsp3) is 0.324. The first-order valence-corrected chi connectivity index (χ1v) is 17.0. The maximum absolute atomic E-state index is 11.7. The van der Waals surface area contributed by atoms with E-state index in [1.54, 1.807) is 7.11 Å². The molecule has 1 aliphatic carbocycles. The van der Waals surface area contributed by atoms with Gasteiger partial charge < -0.3 is 29.7 Å². The highest BCUT2D eigenvalue weighted by Crippen LogP contribution is 2.45. The Kier molecular flexibility index (Phi) is 9.96. The van der Waals surface area contributed by atoms with Crippen molar-refractivity contribution < 1.29 is 29.2 Å². The predicted octanol–water partition coefficient (Wildman–Crippen LogP) is 7.28. The zero-order valence-electron chi connectivity index (χ0n) is 27.0. The molecule has 2 aliphatic rings. The summed E-state index contributed by atoms with van der Waals surface area (Å²) in [6.45, 7) is 2.63. The topological polar surface area (TPSA) is 122 Å². The van der Waals surface area contributed by atoms with Crippen LogP contribution in [-0.2, 0) is 17.6 Å². The maximum Gasteiger partial charge on any atom is 0.311 e. The number of fused-ring (bicyclic) bond motifs is 1. The van der Waals surface area contributed by atoms with Crippen LogP contribution in [-0.4, -0.2) is 60.9 Å². The van der Waals surface area contributed by atoms with E-state index in [0.717, 1.165) is 76.5 Å². The first kappa shape index (κ1) is 33.8. The standard InChI is InChI=1S/C37H37BrClN3O6/c1-37(20-43,36(44)45)15-14-22-18-29(38)35(42-34(22)47-3)48-30-13-12-25-24(7-5-8-26(25)30)27-9-4-6-23(32(27)39)21-10-11-28(31(19-21)46-2)33-40-16-17-41-33/h4-11,18-19,30,43H,12-17,20H2,1-3H3,(H,40,41)(H,44,45)/t30-,37-/m0/s1. The van der Waals surface area contributed by atoms with Crippen molar-refractivity contribution in [3.05, 3.63) is 92.4 Å². The van der Waals surface area contributed by atoms with Crippen LogP contribution in [0.25, 0.3) is 22.3 Å². The summed E-state index contributed by atoms with van der Waals surface area (Å²) in [4.78, 5) is 20.9. The lowest BCUT2D eigenvalue weighted by molar-refractivity contribution is -0.150. The first-order valence-electron chi connectivity index (χ1n) is 15.8. The van der Waals surface area contributed by atoms with E-state index in [9.17, 15) is 15.0 Å². The van der Waals surface area contributed by atoms with E-state index < -0.39 is 18.0 Å². The van der Waals surface area contributed by atoms with Gasteiger partial charge in [-0.25, -0.2) is 0 Å². The molecule has 0 amide bonds. The van der Waals surface area contributed by atoms with Crippen LogP contribution in [0.5, 0.6) is 17.5 Å². The number of aromatic nitrogens is 1. The van der Waals surface area contributed by atoms with E-state index >= 15 is 0 Å². The fourth-order valence-electron chi connectivity index (χ4n) is 6.32. The number of hydrogen-bond acceptors (Lipinski definition) is 8. The van der Waals surface area contributed by atoms with Crippen LogP contribution in [0.15, 0.2) is 70.1 Å². The van der Waals surface area contributed by atoms with Crippen LogP contribution in [0.4, 0.5) is 0 Å². The zero-order valence-corrected chi connectivity index (χ0v) is 29.3. The van der Waals surface area contributed by atoms with Gasteiger partial charge in [0.1, 0.15) is 17.7 Å². The number of aliphatic hydroxyl groups excluding tert-OH is 1. The summed E-state index contributed by atoms with van der Waals surface area (Å²) in [6, 6.07) is 20.2. The van der Waals surface area contributed by atoms with E-state index in [2.05, 4.69) is 43.4 Å². The Labute approximate surface area is 293 Å². The molecule has 0 radical (unpaired) electrons. The molecule has 11 heteroatoms. The number of aliphatic carboxylic acids is 1. The van der Waals surface area contributed by atoms with Crippen LogP contribution in [0.3, 0.4) is 0 Å². The van der Waals surface area contributed by atoms with Crippen molar-refractivity contribution >= 4 is 39.3 Å². The summed E-state index contributed by atoms with van der Waals surface area (Å²) < 4.78 is 18.4. The third-order valence-electron chi connectivity index (χ3n) is 9.19. The van der Waals surface area contributed by atoms with Gasteiger partial charge in [0, 0.05) is 23.2 Å². The van der Waals surface area contributed by atoms with Gasteiger partial charge in [-0.15, -0.1) is 0 Å². The Hall–Kier alpha value is -4.12. The van der Waals surface area contributed by atoms with E-state index in [0.29, 0.717) is 27.7 Å². The average molecular weight is 735 g/mol. The van der Waals surface area contributed by atoms with E-state index in [1.165, 1.54) is 19.6 Å². The Morgan fingerprint density at radius 1 is 1.04 bits per heavy atom. The summed E-state index contributed by atoms with van der Waals surface area (Å²) in [7, 11) is 3.18. The molecule has 48 heavy (non-hydrogen) atoms. The van der Waals surface area contributed by atoms with Crippen LogP contribution in [0.1, 0.15) is 48.1 Å². The molecule has 250 valence electrons. The third-order valence-corrected chi connectivity index (χ3v) is 10.2. The van der Waals surface area contributed by atoms with Gasteiger partial charge in [0.25, 0.3) is 0 Å². The molecule has 0 spiro atoms. The highest BCUT2D eigenvalue weighted by atomic mass is 79.9. The highest BCUT2D eigenvalue weighted by molar-refractivity contribution is 9.10. The molecule has 3 N–H and O–H groups in total. The molecule has 3 aromatic carbocycles. The van der Waals surface area contributed by atoms with Gasteiger partial charge in [0.2, 0.25) is 11.8 Å². The Morgan fingerprint density at radius 3 is 2.52 bits per heavy atom. The fourth-order valence-corrected chi connectivity index (χ4v) is 7.11. The summed E-state index contributed by atoms with van der Waals surface area (Å²) in [5, 5.41) is 23.2. The van der Waals surface area contributed by atoms with Crippen LogP contribution in [0.2, 0.25) is 5.02 Å². The molecule has 2 heterocycles. The third kappa shape index (κ3) is 6.49. The summed E-state index contributed by atoms with van der Waals surface area (Å²) in [6.07, 6.45) is 1.90. The van der Waals surface area contributed by atoms with Gasteiger partial charge in [-0.2, -0.15) is 4.98 Å².